The second-order valence-corrected chi connectivity index (χ2v) is 16.6. The van der Waals surface area contributed by atoms with E-state index in [9.17, 15) is 4.79 Å². The Morgan fingerprint density at radius 3 is 1.78 bits per heavy atom. The number of carbonyl (C=O) groups is 1. The molecule has 228 valence electrons. The fourth-order valence-corrected chi connectivity index (χ4v) is 9.35. The van der Waals surface area contributed by atoms with Crippen LogP contribution in [-0.4, -0.2) is 18.2 Å². The molecule has 0 saturated heterocycles. The number of furan rings is 1. The average molecular weight is 716 g/mol. The van der Waals surface area contributed by atoms with E-state index in [-0.39, 0.29) is 29.8 Å². The number of carbonyl (C=O) groups excluding carboxylic acids is 1. The number of esters is 1. The van der Waals surface area contributed by atoms with E-state index < -0.39 is 19.4 Å². The van der Waals surface area contributed by atoms with Gasteiger partial charge in [-0.25, -0.2) is 4.79 Å². The Kier molecular flexibility index (Phi) is 11.5. The van der Waals surface area contributed by atoms with Crippen molar-refractivity contribution in [3.05, 3.63) is 56.9 Å². The van der Waals surface area contributed by atoms with E-state index in [2.05, 4.69) is 73.4 Å². The second kappa shape index (κ2) is 14.2. The predicted molar refractivity (Wildman–Crippen MR) is 169 cm³/mol. The van der Waals surface area contributed by atoms with E-state index in [0.29, 0.717) is 33.9 Å². The van der Waals surface area contributed by atoms with Crippen LogP contribution in [0.2, 0.25) is 0 Å². The van der Waals surface area contributed by atoms with Crippen LogP contribution in [0.1, 0.15) is 102 Å². The molecule has 0 unspecified atom stereocenters. The minimum absolute atomic E-state index is 0.0169. The molecule has 2 aliphatic carbocycles. The van der Waals surface area contributed by atoms with Gasteiger partial charge in [-0.15, -0.1) is 0 Å². The highest BCUT2D eigenvalue weighted by Crippen LogP contribution is 2.66. The summed E-state index contributed by atoms with van der Waals surface area (Å²) in [5.74, 6) is 0.109. The quantitative estimate of drug-likeness (QED) is 0.180. The molecule has 2 aromatic rings. The SMILES string of the molecule is CC(C)[C@H]1CC[C@@H](C)C[C@H]1OP(=O)(O[C@@H]1C[C@H](C)CC[C@@H]1C(C)C)[C@@H](OC(=O)c1ccc(Br)o1)c1ccc(Br)cc1. The van der Waals surface area contributed by atoms with Crippen molar-refractivity contribution in [3.8, 4) is 0 Å². The molecular weight excluding hydrogens is 671 g/mol. The van der Waals surface area contributed by atoms with E-state index in [4.69, 9.17) is 18.2 Å². The summed E-state index contributed by atoms with van der Waals surface area (Å²) in [6, 6.07) is 10.5. The summed E-state index contributed by atoms with van der Waals surface area (Å²) in [5, 5.41) is 0. The highest BCUT2D eigenvalue weighted by molar-refractivity contribution is 9.10. The van der Waals surface area contributed by atoms with Gasteiger partial charge in [0.25, 0.3) is 0 Å². The number of hydrogen-bond donors (Lipinski definition) is 0. The maximum atomic E-state index is 15.5. The molecule has 41 heavy (non-hydrogen) atoms. The zero-order valence-electron chi connectivity index (χ0n) is 25.1. The van der Waals surface area contributed by atoms with E-state index in [1.54, 1.807) is 6.07 Å². The molecule has 6 nitrogen and oxygen atoms in total. The number of halogens is 2. The van der Waals surface area contributed by atoms with Gasteiger partial charge in [0.2, 0.25) is 11.6 Å². The average Bonchev–Trinajstić information content (AvgIpc) is 3.34. The Hall–Kier alpha value is -0.920. The topological polar surface area (TPSA) is 75.0 Å². The van der Waals surface area contributed by atoms with Crippen molar-refractivity contribution in [2.45, 2.75) is 98.1 Å². The van der Waals surface area contributed by atoms with E-state index in [0.717, 1.165) is 43.0 Å². The summed E-state index contributed by atoms with van der Waals surface area (Å²) in [4.78, 5) is 13.4. The first-order valence-electron chi connectivity index (χ1n) is 15.0. The number of benzene rings is 1. The second-order valence-electron chi connectivity index (χ2n) is 12.9. The molecule has 0 aliphatic heterocycles. The van der Waals surface area contributed by atoms with Crippen LogP contribution < -0.4 is 0 Å². The Bertz CT molecular complexity index is 1160. The van der Waals surface area contributed by atoms with Gasteiger partial charge in [-0.05, 0) is 101 Å². The molecule has 0 bridgehead atoms. The van der Waals surface area contributed by atoms with Crippen molar-refractivity contribution in [2.75, 3.05) is 0 Å². The van der Waals surface area contributed by atoms with Crippen LogP contribution in [-0.2, 0) is 18.3 Å². The molecule has 1 aromatic heterocycles. The van der Waals surface area contributed by atoms with Gasteiger partial charge in [0.15, 0.2) is 4.67 Å². The molecule has 0 N–H and O–H groups in total. The van der Waals surface area contributed by atoms with Gasteiger partial charge in [0.05, 0.1) is 12.2 Å². The zero-order valence-corrected chi connectivity index (χ0v) is 29.1. The summed E-state index contributed by atoms with van der Waals surface area (Å²) in [6.45, 7) is 13.2. The fraction of sp³-hybridized carbons (Fsp3) is 0.656. The number of rotatable bonds is 10. The maximum Gasteiger partial charge on any atom is 0.376 e. The molecule has 0 spiro atoms. The molecule has 7 atom stereocenters. The van der Waals surface area contributed by atoms with Crippen molar-refractivity contribution >= 4 is 45.4 Å². The maximum absolute atomic E-state index is 15.5. The zero-order chi connectivity index (χ0) is 29.9. The monoisotopic (exact) mass is 714 g/mol. The first-order chi connectivity index (χ1) is 19.4. The molecule has 2 aliphatic rings. The highest BCUT2D eigenvalue weighted by Gasteiger charge is 2.49. The molecule has 1 aromatic carbocycles. The minimum atomic E-state index is -4.09. The van der Waals surface area contributed by atoms with Gasteiger partial charge >= 0.3 is 13.6 Å². The highest BCUT2D eigenvalue weighted by atomic mass is 79.9. The molecule has 0 amide bonds. The van der Waals surface area contributed by atoms with Crippen molar-refractivity contribution in [2.24, 2.45) is 35.5 Å². The Labute approximate surface area is 262 Å². The van der Waals surface area contributed by atoms with Crippen LogP contribution >= 0.6 is 39.5 Å². The first-order valence-corrected chi connectivity index (χ1v) is 18.2. The molecule has 2 saturated carbocycles. The molecular formula is C32H45Br2O6P. The summed E-state index contributed by atoms with van der Waals surface area (Å²) in [6.07, 6.45) is 5.27. The first kappa shape index (κ1) is 33.0. The van der Waals surface area contributed by atoms with Gasteiger partial charge in [-0.2, -0.15) is 0 Å². The Balaban J connectivity index is 1.79. The molecule has 9 heteroatoms. The third-order valence-corrected chi connectivity index (χ3v) is 12.0. The van der Waals surface area contributed by atoms with Crippen LogP contribution in [0.5, 0.6) is 0 Å². The van der Waals surface area contributed by atoms with Crippen LogP contribution in [0.25, 0.3) is 0 Å². The standard InChI is InChI=1S/C32H45Br2O6P/c1-19(2)25-13-7-21(5)17-28(25)39-41(36,40-29-18-22(6)8-14-26(29)20(3)4)32(23-9-11-24(33)12-10-23)38-31(35)27-15-16-30(34)37-27/h9-12,15-16,19-22,25-26,28-29,32H,7-8,13-14,17-18H2,1-6H3/t21-,22-,25-,26-,28-,29-,32-/m1/s1. The van der Waals surface area contributed by atoms with Crippen molar-refractivity contribution < 1.29 is 27.6 Å². The summed E-state index contributed by atoms with van der Waals surface area (Å²) < 4.78 is 41.9. The number of hydrogen-bond acceptors (Lipinski definition) is 6. The third-order valence-electron chi connectivity index (χ3n) is 8.92. The largest absolute Gasteiger partial charge is 0.442 e. The van der Waals surface area contributed by atoms with Crippen molar-refractivity contribution in [1.29, 1.82) is 0 Å². The Morgan fingerprint density at radius 1 is 0.829 bits per heavy atom. The summed E-state index contributed by atoms with van der Waals surface area (Å²) in [5.41, 5.74) is 0.561. The van der Waals surface area contributed by atoms with E-state index >= 15 is 4.57 Å². The lowest BCUT2D eigenvalue weighted by atomic mass is 9.75. The van der Waals surface area contributed by atoms with Gasteiger partial charge in [0.1, 0.15) is 0 Å². The smallest absolute Gasteiger partial charge is 0.376 e. The van der Waals surface area contributed by atoms with Crippen LogP contribution in [0, 0.1) is 35.5 Å². The summed E-state index contributed by atoms with van der Waals surface area (Å²) in [7, 11) is -4.09. The lowest BCUT2D eigenvalue weighted by molar-refractivity contribution is -0.0213. The Morgan fingerprint density at radius 2 is 1.34 bits per heavy atom. The van der Waals surface area contributed by atoms with E-state index in [1.807, 2.05) is 24.3 Å². The van der Waals surface area contributed by atoms with Crippen molar-refractivity contribution in [1.82, 2.24) is 0 Å². The molecule has 2 fully saturated rings. The van der Waals surface area contributed by atoms with Gasteiger partial charge in [0, 0.05) is 10.0 Å². The third kappa shape index (κ3) is 8.38. The fourth-order valence-electron chi connectivity index (χ4n) is 6.51. The normalized spacial score (nSPS) is 28.1. The minimum Gasteiger partial charge on any atom is -0.442 e. The number of ether oxygens (including phenoxy) is 1. The van der Waals surface area contributed by atoms with Gasteiger partial charge in [-0.3, -0.25) is 4.57 Å². The van der Waals surface area contributed by atoms with Crippen LogP contribution in [0.15, 0.2) is 50.0 Å². The lowest BCUT2D eigenvalue weighted by Crippen LogP contribution is -2.37. The van der Waals surface area contributed by atoms with Crippen molar-refractivity contribution in [3.63, 3.8) is 0 Å². The molecule has 1 heterocycles. The molecule has 4 rings (SSSR count). The van der Waals surface area contributed by atoms with E-state index in [1.165, 1.54) is 6.07 Å². The summed E-state index contributed by atoms with van der Waals surface area (Å²) >= 11 is 6.75. The predicted octanol–water partition coefficient (Wildman–Crippen LogP) is 10.8. The molecule has 0 radical (unpaired) electrons. The van der Waals surface area contributed by atoms with Gasteiger partial charge < -0.3 is 18.2 Å². The van der Waals surface area contributed by atoms with Crippen LogP contribution in [0.3, 0.4) is 0 Å². The van der Waals surface area contributed by atoms with Crippen LogP contribution in [0.4, 0.5) is 0 Å². The lowest BCUT2D eigenvalue weighted by Gasteiger charge is -2.43. The van der Waals surface area contributed by atoms with Gasteiger partial charge in [-0.1, -0.05) is 82.4 Å².